The summed E-state index contributed by atoms with van der Waals surface area (Å²) in [6.45, 7) is 2.98. The summed E-state index contributed by atoms with van der Waals surface area (Å²) in [7, 11) is 0. The molecular formula is C16H17ClN2O. The lowest BCUT2D eigenvalue weighted by atomic mass is 10.1. The summed E-state index contributed by atoms with van der Waals surface area (Å²) in [5.74, 6) is 0.924. The van der Waals surface area contributed by atoms with Crippen molar-refractivity contribution in [3.63, 3.8) is 0 Å². The Morgan fingerprint density at radius 2 is 1.85 bits per heavy atom. The normalized spacial score (nSPS) is 13.8. The van der Waals surface area contributed by atoms with Gasteiger partial charge in [-0.1, -0.05) is 29.8 Å². The average molecular weight is 289 g/mol. The molecule has 4 heteroatoms. The summed E-state index contributed by atoms with van der Waals surface area (Å²) >= 11 is 5.92. The fraction of sp³-hybridized carbons (Fsp3) is 0.250. The summed E-state index contributed by atoms with van der Waals surface area (Å²) in [5.41, 5.74) is 9.14. The number of ether oxygens (including phenoxy) is 1. The summed E-state index contributed by atoms with van der Waals surface area (Å²) in [4.78, 5) is 2.32. The van der Waals surface area contributed by atoms with Crippen LogP contribution in [0.2, 0.25) is 5.02 Å². The second-order valence-corrected chi connectivity index (χ2v) is 5.34. The van der Waals surface area contributed by atoms with Gasteiger partial charge in [-0.05, 0) is 35.4 Å². The van der Waals surface area contributed by atoms with E-state index in [1.54, 1.807) is 0 Å². The number of rotatable bonds is 3. The molecule has 0 aromatic heterocycles. The summed E-state index contributed by atoms with van der Waals surface area (Å²) < 4.78 is 5.73. The van der Waals surface area contributed by atoms with E-state index in [1.807, 2.05) is 18.2 Å². The number of hydrogen-bond donors (Lipinski definition) is 1. The van der Waals surface area contributed by atoms with Crippen LogP contribution in [0.5, 0.6) is 5.75 Å². The van der Waals surface area contributed by atoms with Crippen molar-refractivity contribution in [3.8, 4) is 5.75 Å². The molecule has 20 heavy (non-hydrogen) atoms. The summed E-state index contributed by atoms with van der Waals surface area (Å²) in [6.07, 6.45) is 0. The van der Waals surface area contributed by atoms with Crippen molar-refractivity contribution in [2.24, 2.45) is 5.73 Å². The van der Waals surface area contributed by atoms with Crippen molar-refractivity contribution in [2.45, 2.75) is 13.1 Å². The quantitative estimate of drug-likeness (QED) is 0.943. The van der Waals surface area contributed by atoms with Crippen LogP contribution in [0.15, 0.2) is 42.5 Å². The summed E-state index contributed by atoms with van der Waals surface area (Å²) in [6, 6.07) is 14.2. The molecule has 0 unspecified atom stereocenters. The molecule has 1 aliphatic heterocycles. The maximum atomic E-state index is 5.92. The Morgan fingerprint density at radius 3 is 2.60 bits per heavy atom. The van der Waals surface area contributed by atoms with Gasteiger partial charge in [0.15, 0.2) is 0 Å². The molecule has 2 N–H and O–H groups in total. The fourth-order valence-corrected chi connectivity index (χ4v) is 2.55. The van der Waals surface area contributed by atoms with Crippen molar-refractivity contribution >= 4 is 17.3 Å². The Morgan fingerprint density at radius 1 is 1.10 bits per heavy atom. The SMILES string of the molecule is NCc1ccc2c(c1)OCCN2Cc1ccc(Cl)cc1. The topological polar surface area (TPSA) is 38.5 Å². The van der Waals surface area contributed by atoms with Gasteiger partial charge in [0.1, 0.15) is 12.4 Å². The number of anilines is 1. The van der Waals surface area contributed by atoms with Gasteiger partial charge in [0.25, 0.3) is 0 Å². The molecule has 1 heterocycles. The molecule has 3 rings (SSSR count). The molecule has 0 atom stereocenters. The third-order valence-corrected chi connectivity index (χ3v) is 3.76. The molecule has 104 valence electrons. The number of halogens is 1. The first kappa shape index (κ1) is 13.3. The maximum absolute atomic E-state index is 5.92. The third-order valence-electron chi connectivity index (χ3n) is 3.51. The van der Waals surface area contributed by atoms with Crippen LogP contribution in [-0.2, 0) is 13.1 Å². The minimum Gasteiger partial charge on any atom is -0.490 e. The van der Waals surface area contributed by atoms with Gasteiger partial charge < -0.3 is 15.4 Å². The van der Waals surface area contributed by atoms with Crippen LogP contribution < -0.4 is 15.4 Å². The standard InChI is InChI=1S/C16H17ClN2O/c17-14-4-1-12(2-5-14)11-19-7-8-20-16-9-13(10-18)3-6-15(16)19/h1-6,9H,7-8,10-11,18H2. The van der Waals surface area contributed by atoms with E-state index in [0.717, 1.165) is 35.1 Å². The van der Waals surface area contributed by atoms with Crippen molar-refractivity contribution in [2.75, 3.05) is 18.1 Å². The van der Waals surface area contributed by atoms with Crippen LogP contribution in [0, 0.1) is 0 Å². The molecule has 0 spiro atoms. The highest BCUT2D eigenvalue weighted by atomic mass is 35.5. The lowest BCUT2D eigenvalue weighted by Crippen LogP contribution is -2.32. The Kier molecular flexibility index (Phi) is 3.81. The van der Waals surface area contributed by atoms with Gasteiger partial charge in [-0.25, -0.2) is 0 Å². The van der Waals surface area contributed by atoms with Crippen molar-refractivity contribution in [1.29, 1.82) is 0 Å². The lowest BCUT2D eigenvalue weighted by molar-refractivity contribution is 0.306. The van der Waals surface area contributed by atoms with Crippen LogP contribution in [0.3, 0.4) is 0 Å². The Hall–Kier alpha value is -1.71. The molecule has 3 nitrogen and oxygen atoms in total. The number of benzene rings is 2. The third kappa shape index (κ3) is 2.74. The molecule has 0 amide bonds. The van der Waals surface area contributed by atoms with Gasteiger partial charge in [-0.2, -0.15) is 0 Å². The van der Waals surface area contributed by atoms with Crippen LogP contribution in [0.4, 0.5) is 5.69 Å². The number of nitrogens with two attached hydrogens (primary N) is 1. The second kappa shape index (κ2) is 5.73. The second-order valence-electron chi connectivity index (χ2n) is 4.90. The highest BCUT2D eigenvalue weighted by Gasteiger charge is 2.18. The van der Waals surface area contributed by atoms with Crippen molar-refractivity contribution in [3.05, 3.63) is 58.6 Å². The Labute approximate surface area is 123 Å². The fourth-order valence-electron chi connectivity index (χ4n) is 2.42. The van der Waals surface area contributed by atoms with Crippen LogP contribution in [0.1, 0.15) is 11.1 Å². The van der Waals surface area contributed by atoms with Gasteiger partial charge in [0.05, 0.1) is 12.2 Å². The molecule has 0 saturated heterocycles. The number of fused-ring (bicyclic) bond motifs is 1. The molecule has 0 bridgehead atoms. The highest BCUT2D eigenvalue weighted by Crippen LogP contribution is 2.33. The van der Waals surface area contributed by atoms with E-state index in [9.17, 15) is 0 Å². The lowest BCUT2D eigenvalue weighted by Gasteiger charge is -2.31. The highest BCUT2D eigenvalue weighted by molar-refractivity contribution is 6.30. The van der Waals surface area contributed by atoms with E-state index in [-0.39, 0.29) is 0 Å². The van der Waals surface area contributed by atoms with Gasteiger partial charge in [0, 0.05) is 18.1 Å². The van der Waals surface area contributed by atoms with E-state index in [4.69, 9.17) is 22.1 Å². The van der Waals surface area contributed by atoms with E-state index in [1.165, 1.54) is 5.56 Å². The van der Waals surface area contributed by atoms with Gasteiger partial charge in [0.2, 0.25) is 0 Å². The van der Waals surface area contributed by atoms with Gasteiger partial charge in [-0.3, -0.25) is 0 Å². The van der Waals surface area contributed by atoms with Gasteiger partial charge in [-0.15, -0.1) is 0 Å². The number of nitrogens with zero attached hydrogens (tertiary/aromatic N) is 1. The van der Waals surface area contributed by atoms with Crippen LogP contribution >= 0.6 is 11.6 Å². The van der Waals surface area contributed by atoms with E-state index < -0.39 is 0 Å². The first-order valence-corrected chi connectivity index (χ1v) is 7.09. The summed E-state index contributed by atoms with van der Waals surface area (Å²) in [5, 5.41) is 0.767. The first-order chi connectivity index (χ1) is 9.76. The van der Waals surface area contributed by atoms with E-state index >= 15 is 0 Å². The Bertz CT molecular complexity index is 598. The minimum atomic E-state index is 0.536. The van der Waals surface area contributed by atoms with Crippen LogP contribution in [-0.4, -0.2) is 13.2 Å². The zero-order chi connectivity index (χ0) is 13.9. The molecule has 0 aliphatic carbocycles. The van der Waals surface area contributed by atoms with E-state index in [2.05, 4.69) is 29.2 Å². The molecule has 2 aromatic carbocycles. The predicted octanol–water partition coefficient (Wildman–Crippen LogP) is 3.20. The zero-order valence-electron chi connectivity index (χ0n) is 11.2. The maximum Gasteiger partial charge on any atom is 0.143 e. The predicted molar refractivity (Wildman–Crippen MR) is 82.3 cm³/mol. The molecule has 0 fully saturated rings. The molecule has 0 saturated carbocycles. The van der Waals surface area contributed by atoms with Crippen LogP contribution in [0.25, 0.3) is 0 Å². The monoisotopic (exact) mass is 288 g/mol. The Balaban J connectivity index is 1.84. The van der Waals surface area contributed by atoms with Gasteiger partial charge >= 0.3 is 0 Å². The minimum absolute atomic E-state index is 0.536. The molecule has 2 aromatic rings. The largest absolute Gasteiger partial charge is 0.490 e. The molecular weight excluding hydrogens is 272 g/mol. The first-order valence-electron chi connectivity index (χ1n) is 6.71. The molecule has 0 radical (unpaired) electrons. The average Bonchev–Trinajstić information content (AvgIpc) is 2.49. The molecule has 1 aliphatic rings. The number of hydrogen-bond acceptors (Lipinski definition) is 3. The van der Waals surface area contributed by atoms with Crippen molar-refractivity contribution < 1.29 is 4.74 Å². The zero-order valence-corrected chi connectivity index (χ0v) is 11.9. The van der Waals surface area contributed by atoms with E-state index in [0.29, 0.717) is 13.2 Å². The smallest absolute Gasteiger partial charge is 0.143 e. The van der Waals surface area contributed by atoms with Crippen molar-refractivity contribution in [1.82, 2.24) is 0 Å².